The summed E-state index contributed by atoms with van der Waals surface area (Å²) in [5.74, 6) is -0.265. The molecule has 92 valence electrons. The van der Waals surface area contributed by atoms with Crippen LogP contribution in [0.15, 0.2) is 41.1 Å². The van der Waals surface area contributed by atoms with E-state index in [9.17, 15) is 4.79 Å². The van der Waals surface area contributed by atoms with E-state index < -0.39 is 0 Å². The number of halogens is 2. The molecule has 2 aromatic rings. The zero-order valence-electron chi connectivity index (χ0n) is 9.15. The Bertz CT molecular complexity index is 604. The predicted octanol–water partition coefficient (Wildman–Crippen LogP) is 3.33. The maximum absolute atomic E-state index is 11.9. The lowest BCUT2D eigenvalue weighted by Crippen LogP contribution is -2.12. The first-order chi connectivity index (χ1) is 8.56. The fourth-order valence-corrected chi connectivity index (χ4v) is 1.85. The molecule has 0 unspecified atom stereocenters. The molecule has 18 heavy (non-hydrogen) atoms. The van der Waals surface area contributed by atoms with E-state index in [-0.39, 0.29) is 5.91 Å². The van der Waals surface area contributed by atoms with Gasteiger partial charge in [-0.25, -0.2) is 0 Å². The van der Waals surface area contributed by atoms with Crippen molar-refractivity contribution in [3.8, 4) is 0 Å². The number of aromatic nitrogens is 1. The normalized spacial score (nSPS) is 10.1. The lowest BCUT2D eigenvalue weighted by molar-refractivity contribution is 0.102. The molecule has 0 radical (unpaired) electrons. The van der Waals surface area contributed by atoms with Gasteiger partial charge in [-0.2, -0.15) is 0 Å². The quantitative estimate of drug-likeness (QED) is 0.832. The number of carbonyl (C=O) groups excluding carboxylic acids is 1. The van der Waals surface area contributed by atoms with Crippen LogP contribution in [-0.2, 0) is 0 Å². The van der Waals surface area contributed by atoms with Gasteiger partial charge in [0.15, 0.2) is 0 Å². The fourth-order valence-electron chi connectivity index (χ4n) is 1.37. The average Bonchev–Trinajstić information content (AvgIpc) is 2.32. The molecule has 2 rings (SSSR count). The van der Waals surface area contributed by atoms with Gasteiger partial charge in [-0.1, -0.05) is 11.6 Å². The van der Waals surface area contributed by atoms with Gasteiger partial charge >= 0.3 is 0 Å². The molecule has 0 atom stereocenters. The molecule has 4 nitrogen and oxygen atoms in total. The number of nitrogens with one attached hydrogen (secondary N) is 1. The number of carbonyl (C=O) groups is 1. The van der Waals surface area contributed by atoms with E-state index in [0.717, 1.165) is 4.47 Å². The predicted molar refractivity (Wildman–Crippen MR) is 75.8 cm³/mol. The minimum Gasteiger partial charge on any atom is -0.398 e. The number of hydrogen-bond donors (Lipinski definition) is 2. The topological polar surface area (TPSA) is 68.0 Å². The highest BCUT2D eigenvalue weighted by atomic mass is 79.9. The second-order valence-corrected chi connectivity index (χ2v) is 4.91. The SMILES string of the molecule is Nc1cc(C(=O)Nc2cncc(Br)c2)ccc1Cl. The van der Waals surface area contributed by atoms with Gasteiger partial charge in [-0.3, -0.25) is 9.78 Å². The van der Waals surface area contributed by atoms with Gasteiger partial charge < -0.3 is 11.1 Å². The van der Waals surface area contributed by atoms with Gasteiger partial charge in [-0.05, 0) is 40.2 Å². The summed E-state index contributed by atoms with van der Waals surface area (Å²) < 4.78 is 0.788. The molecular formula is C12H9BrClN3O. The van der Waals surface area contributed by atoms with Crippen molar-refractivity contribution in [3.63, 3.8) is 0 Å². The minimum atomic E-state index is -0.265. The Labute approximate surface area is 117 Å². The molecule has 3 N–H and O–H groups in total. The first kappa shape index (κ1) is 12.9. The Morgan fingerprint density at radius 3 is 2.78 bits per heavy atom. The molecule has 1 amide bonds. The third-order valence-corrected chi connectivity index (χ3v) is 3.00. The molecule has 0 bridgehead atoms. The Kier molecular flexibility index (Phi) is 3.84. The second kappa shape index (κ2) is 5.37. The number of anilines is 2. The molecule has 1 aromatic carbocycles. The number of hydrogen-bond acceptors (Lipinski definition) is 3. The highest BCUT2D eigenvalue weighted by Crippen LogP contribution is 2.20. The van der Waals surface area contributed by atoms with E-state index in [1.54, 1.807) is 30.6 Å². The van der Waals surface area contributed by atoms with Crippen molar-refractivity contribution in [3.05, 3.63) is 51.7 Å². The van der Waals surface area contributed by atoms with E-state index in [1.807, 2.05) is 0 Å². The highest BCUT2D eigenvalue weighted by Gasteiger charge is 2.08. The number of benzene rings is 1. The number of nitrogen functional groups attached to an aromatic ring is 1. The molecule has 0 spiro atoms. The van der Waals surface area contributed by atoms with Crippen LogP contribution >= 0.6 is 27.5 Å². The van der Waals surface area contributed by atoms with Crippen LogP contribution in [0.25, 0.3) is 0 Å². The average molecular weight is 327 g/mol. The summed E-state index contributed by atoms with van der Waals surface area (Å²) in [6, 6.07) is 6.48. The summed E-state index contributed by atoms with van der Waals surface area (Å²) in [7, 11) is 0. The smallest absolute Gasteiger partial charge is 0.255 e. The van der Waals surface area contributed by atoms with Crippen molar-refractivity contribution in [1.29, 1.82) is 0 Å². The lowest BCUT2D eigenvalue weighted by atomic mass is 10.2. The van der Waals surface area contributed by atoms with Crippen molar-refractivity contribution in [1.82, 2.24) is 4.98 Å². The summed E-state index contributed by atoms with van der Waals surface area (Å²) >= 11 is 9.07. The van der Waals surface area contributed by atoms with Crippen molar-refractivity contribution in [2.75, 3.05) is 11.1 Å². The zero-order valence-corrected chi connectivity index (χ0v) is 11.5. The molecule has 0 aliphatic carbocycles. The van der Waals surface area contributed by atoms with E-state index in [2.05, 4.69) is 26.2 Å². The maximum Gasteiger partial charge on any atom is 0.255 e. The molecule has 6 heteroatoms. The summed E-state index contributed by atoms with van der Waals surface area (Å²) in [5.41, 5.74) is 7.06. The Hall–Kier alpha value is -1.59. The summed E-state index contributed by atoms with van der Waals surface area (Å²) in [5, 5.41) is 3.14. The van der Waals surface area contributed by atoms with Crippen molar-refractivity contribution in [2.45, 2.75) is 0 Å². The first-order valence-electron chi connectivity index (χ1n) is 5.03. The van der Waals surface area contributed by atoms with Crippen LogP contribution < -0.4 is 11.1 Å². The van der Waals surface area contributed by atoms with Crippen LogP contribution in [0, 0.1) is 0 Å². The number of nitrogens with zero attached hydrogens (tertiary/aromatic N) is 1. The summed E-state index contributed by atoms with van der Waals surface area (Å²) in [6.07, 6.45) is 3.19. The van der Waals surface area contributed by atoms with Crippen LogP contribution in [0.2, 0.25) is 5.02 Å². The molecule has 1 heterocycles. The fraction of sp³-hybridized carbons (Fsp3) is 0. The zero-order chi connectivity index (χ0) is 13.1. The Morgan fingerprint density at radius 2 is 2.11 bits per heavy atom. The third kappa shape index (κ3) is 3.00. The second-order valence-electron chi connectivity index (χ2n) is 3.58. The van der Waals surface area contributed by atoms with E-state index in [0.29, 0.717) is 22.0 Å². The Morgan fingerprint density at radius 1 is 1.33 bits per heavy atom. The van der Waals surface area contributed by atoms with Crippen LogP contribution in [0.5, 0.6) is 0 Å². The number of pyridine rings is 1. The molecule has 0 saturated carbocycles. The Balaban J connectivity index is 2.19. The third-order valence-electron chi connectivity index (χ3n) is 2.22. The van der Waals surface area contributed by atoms with Crippen LogP contribution in [0.3, 0.4) is 0 Å². The first-order valence-corrected chi connectivity index (χ1v) is 6.20. The maximum atomic E-state index is 11.9. The minimum absolute atomic E-state index is 0.265. The number of nitrogens with two attached hydrogens (primary N) is 1. The van der Waals surface area contributed by atoms with Crippen molar-refractivity contribution in [2.24, 2.45) is 0 Å². The van der Waals surface area contributed by atoms with E-state index in [1.165, 1.54) is 6.07 Å². The van der Waals surface area contributed by atoms with Crippen LogP contribution in [0.4, 0.5) is 11.4 Å². The van der Waals surface area contributed by atoms with Gasteiger partial charge in [0.1, 0.15) is 0 Å². The molecule has 0 aliphatic rings. The molecule has 0 saturated heterocycles. The highest BCUT2D eigenvalue weighted by molar-refractivity contribution is 9.10. The van der Waals surface area contributed by atoms with Gasteiger partial charge in [-0.15, -0.1) is 0 Å². The van der Waals surface area contributed by atoms with Gasteiger partial charge in [0, 0.05) is 16.2 Å². The number of rotatable bonds is 2. The molecular weight excluding hydrogens is 318 g/mol. The van der Waals surface area contributed by atoms with Crippen molar-refractivity contribution >= 4 is 44.8 Å². The van der Waals surface area contributed by atoms with E-state index >= 15 is 0 Å². The molecule has 0 aliphatic heterocycles. The standard InChI is InChI=1S/C12H9BrClN3O/c13-8-4-9(6-16-5-8)17-12(18)7-1-2-10(14)11(15)3-7/h1-6H,15H2,(H,17,18). The number of amides is 1. The monoisotopic (exact) mass is 325 g/mol. The van der Waals surface area contributed by atoms with Gasteiger partial charge in [0.05, 0.1) is 22.6 Å². The summed E-state index contributed by atoms with van der Waals surface area (Å²) in [6.45, 7) is 0. The van der Waals surface area contributed by atoms with Crippen LogP contribution in [0.1, 0.15) is 10.4 Å². The van der Waals surface area contributed by atoms with Gasteiger partial charge in [0.25, 0.3) is 5.91 Å². The lowest BCUT2D eigenvalue weighted by Gasteiger charge is -2.06. The van der Waals surface area contributed by atoms with Crippen molar-refractivity contribution < 1.29 is 4.79 Å². The molecule has 1 aromatic heterocycles. The largest absolute Gasteiger partial charge is 0.398 e. The van der Waals surface area contributed by atoms with Gasteiger partial charge in [0.2, 0.25) is 0 Å². The molecule has 0 fully saturated rings. The summed E-state index contributed by atoms with van der Waals surface area (Å²) in [4.78, 5) is 15.9. The van der Waals surface area contributed by atoms with E-state index in [4.69, 9.17) is 17.3 Å². The van der Waals surface area contributed by atoms with Crippen LogP contribution in [-0.4, -0.2) is 10.9 Å².